The van der Waals surface area contributed by atoms with Gasteiger partial charge in [0.15, 0.2) is 0 Å². The van der Waals surface area contributed by atoms with Gasteiger partial charge in [0.2, 0.25) is 17.7 Å². The second-order valence-corrected chi connectivity index (χ2v) is 12.6. The summed E-state index contributed by atoms with van der Waals surface area (Å²) in [7, 11) is 1.30. The molecule has 1 aromatic heterocycles. The zero-order valence-electron chi connectivity index (χ0n) is 25.8. The average molecular weight is 628 g/mol. The van der Waals surface area contributed by atoms with Crippen LogP contribution in [-0.4, -0.2) is 88.6 Å². The highest BCUT2D eigenvalue weighted by atomic mass is 35.5. The zero-order valence-corrected chi connectivity index (χ0v) is 26.5. The number of hydrogen-bond donors (Lipinski definition) is 2. The van der Waals surface area contributed by atoms with Gasteiger partial charge < -0.3 is 25.4 Å². The first-order chi connectivity index (χ1) is 20.8. The normalized spacial score (nSPS) is 22.6. The molecule has 4 atom stereocenters. The molecule has 2 saturated heterocycles. The number of methoxy groups -OCH3 is 1. The van der Waals surface area contributed by atoms with E-state index in [1.807, 2.05) is 24.3 Å². The van der Waals surface area contributed by atoms with E-state index in [1.54, 1.807) is 50.1 Å². The van der Waals surface area contributed by atoms with Crippen LogP contribution in [0.1, 0.15) is 51.3 Å². The molecule has 4 rings (SSSR count). The Labute approximate surface area is 263 Å². The van der Waals surface area contributed by atoms with Crippen LogP contribution in [0.2, 0.25) is 5.02 Å². The molecule has 3 heterocycles. The third kappa shape index (κ3) is 7.94. The SMILES string of the molecule is COC(=O)C[C@@H](Cc1ccccn1)C(=O)N1CCC[C@](Cc2ccc(Cl)cc2)(NC(=O)[C@@H]2COC(C)(C)N2C(=O)[C@H](C)N)C1. The predicted octanol–water partition coefficient (Wildman–Crippen LogP) is 2.49. The number of likely N-dealkylation sites (tertiary alicyclic amines) is 1. The number of piperidine rings is 1. The van der Waals surface area contributed by atoms with Crippen LogP contribution < -0.4 is 11.1 Å². The van der Waals surface area contributed by atoms with Crippen LogP contribution in [0.25, 0.3) is 0 Å². The molecule has 0 aliphatic carbocycles. The second-order valence-electron chi connectivity index (χ2n) is 12.2. The van der Waals surface area contributed by atoms with Crippen molar-refractivity contribution < 1.29 is 28.7 Å². The molecule has 2 aliphatic rings. The molecule has 3 N–H and O–H groups in total. The van der Waals surface area contributed by atoms with Crippen molar-refractivity contribution >= 4 is 35.3 Å². The maximum Gasteiger partial charge on any atom is 0.306 e. The highest BCUT2D eigenvalue weighted by molar-refractivity contribution is 6.30. The van der Waals surface area contributed by atoms with E-state index in [1.165, 1.54) is 12.0 Å². The molecule has 11 nitrogen and oxygen atoms in total. The molecule has 2 fully saturated rings. The van der Waals surface area contributed by atoms with Crippen molar-refractivity contribution in [2.45, 2.75) is 76.2 Å². The van der Waals surface area contributed by atoms with E-state index in [2.05, 4.69) is 10.3 Å². The Kier molecular flexibility index (Phi) is 10.6. The number of carbonyl (C=O) groups is 4. The Morgan fingerprint density at radius 3 is 2.52 bits per heavy atom. The summed E-state index contributed by atoms with van der Waals surface area (Å²) in [5.74, 6) is -2.16. The van der Waals surface area contributed by atoms with Crippen LogP contribution in [-0.2, 0) is 41.5 Å². The number of hydrogen-bond acceptors (Lipinski definition) is 8. The topological polar surface area (TPSA) is 144 Å². The molecule has 44 heavy (non-hydrogen) atoms. The van der Waals surface area contributed by atoms with Crippen LogP contribution in [0.15, 0.2) is 48.7 Å². The minimum absolute atomic E-state index is 0.0161. The molecule has 3 amide bonds. The lowest BCUT2D eigenvalue weighted by atomic mass is 9.82. The van der Waals surface area contributed by atoms with Gasteiger partial charge in [0.05, 0.1) is 37.6 Å². The van der Waals surface area contributed by atoms with Gasteiger partial charge in [-0.2, -0.15) is 0 Å². The van der Waals surface area contributed by atoms with Crippen molar-refractivity contribution in [2.75, 3.05) is 26.8 Å². The van der Waals surface area contributed by atoms with Crippen LogP contribution in [0.3, 0.4) is 0 Å². The number of benzene rings is 1. The van der Waals surface area contributed by atoms with Gasteiger partial charge in [-0.3, -0.25) is 29.1 Å². The van der Waals surface area contributed by atoms with Crippen LogP contribution in [0, 0.1) is 5.92 Å². The van der Waals surface area contributed by atoms with Gasteiger partial charge in [-0.05, 0) is 69.9 Å². The molecule has 0 bridgehead atoms. The predicted molar refractivity (Wildman–Crippen MR) is 164 cm³/mol. The Morgan fingerprint density at radius 1 is 1.16 bits per heavy atom. The Morgan fingerprint density at radius 2 is 1.89 bits per heavy atom. The highest BCUT2D eigenvalue weighted by Gasteiger charge is 2.50. The summed E-state index contributed by atoms with van der Waals surface area (Å²) in [6.45, 7) is 5.72. The van der Waals surface area contributed by atoms with E-state index in [0.717, 1.165) is 5.56 Å². The smallest absolute Gasteiger partial charge is 0.306 e. The molecule has 238 valence electrons. The monoisotopic (exact) mass is 627 g/mol. The van der Waals surface area contributed by atoms with Crippen LogP contribution in [0.5, 0.6) is 0 Å². The summed E-state index contributed by atoms with van der Waals surface area (Å²) < 4.78 is 10.8. The number of nitrogens with one attached hydrogen (secondary N) is 1. The van der Waals surface area contributed by atoms with Gasteiger partial charge in [-0.15, -0.1) is 0 Å². The standard InChI is InChI=1S/C32H42ClN5O6/c1-21(34)29(41)38-26(19-44-31(38,2)3)28(40)36-32(18-22-9-11-24(33)12-10-22)13-7-15-37(20-32)30(42)23(17-27(39)43-4)16-25-8-5-6-14-35-25/h5-6,8-12,14,21,23,26H,7,13,15-20,34H2,1-4H3,(H,36,40)/t21-,23+,26-,32+/m0/s1. The summed E-state index contributed by atoms with van der Waals surface area (Å²) in [6, 6.07) is 11.1. The number of nitrogens with two attached hydrogens (primary N) is 1. The third-order valence-electron chi connectivity index (χ3n) is 8.32. The van der Waals surface area contributed by atoms with Crippen molar-refractivity contribution in [3.63, 3.8) is 0 Å². The molecule has 1 aromatic carbocycles. The van der Waals surface area contributed by atoms with Crippen molar-refractivity contribution in [1.82, 2.24) is 20.1 Å². The van der Waals surface area contributed by atoms with Gasteiger partial charge in [0.25, 0.3) is 0 Å². The molecule has 0 spiro atoms. The van der Waals surface area contributed by atoms with E-state index >= 15 is 0 Å². The summed E-state index contributed by atoms with van der Waals surface area (Å²) in [6.07, 6.45) is 3.44. The number of rotatable bonds is 10. The number of amides is 3. The molecule has 0 unspecified atom stereocenters. The van der Waals surface area contributed by atoms with Crippen molar-refractivity contribution in [3.05, 3.63) is 64.9 Å². The molecule has 2 aliphatic heterocycles. The van der Waals surface area contributed by atoms with Crippen molar-refractivity contribution in [3.8, 4) is 0 Å². The third-order valence-corrected chi connectivity index (χ3v) is 8.57. The maximum absolute atomic E-state index is 14.1. The summed E-state index contributed by atoms with van der Waals surface area (Å²) in [4.78, 5) is 61.0. The van der Waals surface area contributed by atoms with Gasteiger partial charge in [0, 0.05) is 36.4 Å². The van der Waals surface area contributed by atoms with E-state index in [-0.39, 0.29) is 43.7 Å². The Bertz CT molecular complexity index is 1340. The summed E-state index contributed by atoms with van der Waals surface area (Å²) in [5, 5.41) is 3.83. The lowest BCUT2D eigenvalue weighted by Gasteiger charge is -2.45. The fourth-order valence-corrected chi connectivity index (χ4v) is 6.27. The quantitative estimate of drug-likeness (QED) is 0.383. The highest BCUT2D eigenvalue weighted by Crippen LogP contribution is 2.32. The molecular formula is C32H42ClN5O6. The number of nitrogens with zero attached hydrogens (tertiary/aromatic N) is 3. The van der Waals surface area contributed by atoms with Gasteiger partial charge in [-0.25, -0.2) is 0 Å². The van der Waals surface area contributed by atoms with E-state index in [0.29, 0.717) is 36.5 Å². The van der Waals surface area contributed by atoms with Crippen LogP contribution in [0.4, 0.5) is 0 Å². The van der Waals surface area contributed by atoms with E-state index in [9.17, 15) is 19.2 Å². The van der Waals surface area contributed by atoms with Gasteiger partial charge in [0.1, 0.15) is 11.8 Å². The fraction of sp³-hybridized carbons (Fsp3) is 0.531. The largest absolute Gasteiger partial charge is 0.469 e. The van der Waals surface area contributed by atoms with Gasteiger partial charge >= 0.3 is 5.97 Å². The van der Waals surface area contributed by atoms with E-state index < -0.39 is 35.2 Å². The Hall–Kier alpha value is -3.54. The number of ether oxygens (including phenoxy) is 2. The van der Waals surface area contributed by atoms with E-state index in [4.69, 9.17) is 26.8 Å². The Balaban J connectivity index is 1.63. The lowest BCUT2D eigenvalue weighted by molar-refractivity contribution is -0.151. The minimum atomic E-state index is -1.02. The second kappa shape index (κ2) is 14.0. The van der Waals surface area contributed by atoms with Gasteiger partial charge in [-0.1, -0.05) is 29.8 Å². The number of halogens is 1. The first kappa shape index (κ1) is 33.4. The summed E-state index contributed by atoms with van der Waals surface area (Å²) >= 11 is 6.15. The van der Waals surface area contributed by atoms with Crippen molar-refractivity contribution in [1.29, 1.82) is 0 Å². The fourth-order valence-electron chi connectivity index (χ4n) is 6.14. The first-order valence-corrected chi connectivity index (χ1v) is 15.3. The van der Waals surface area contributed by atoms with Crippen molar-refractivity contribution in [2.24, 2.45) is 11.7 Å². The van der Waals surface area contributed by atoms with Crippen LogP contribution >= 0.6 is 11.6 Å². The molecule has 12 heteroatoms. The number of pyridine rings is 1. The maximum atomic E-state index is 14.1. The number of aromatic nitrogens is 1. The molecule has 0 saturated carbocycles. The number of carbonyl (C=O) groups excluding carboxylic acids is 4. The molecule has 2 aromatic rings. The lowest BCUT2D eigenvalue weighted by Crippen LogP contribution is -2.65. The summed E-state index contributed by atoms with van der Waals surface area (Å²) in [5.41, 5.74) is 5.67. The number of esters is 1. The molecule has 0 radical (unpaired) electrons. The average Bonchev–Trinajstić information content (AvgIpc) is 3.32. The first-order valence-electron chi connectivity index (χ1n) is 14.9. The molecular weight excluding hydrogens is 586 g/mol. The zero-order chi connectivity index (χ0) is 32.1. The minimum Gasteiger partial charge on any atom is -0.469 e.